The number of aryl methyl sites for hydroxylation is 1. The molecule has 0 saturated carbocycles. The van der Waals surface area contributed by atoms with Gasteiger partial charge in [-0.15, -0.1) is 0 Å². The van der Waals surface area contributed by atoms with Crippen LogP contribution in [0.25, 0.3) is 6.08 Å². The van der Waals surface area contributed by atoms with E-state index < -0.39 is 0 Å². The van der Waals surface area contributed by atoms with Gasteiger partial charge in [-0.05, 0) is 36.6 Å². The van der Waals surface area contributed by atoms with Crippen molar-refractivity contribution in [1.29, 1.82) is 0 Å². The van der Waals surface area contributed by atoms with Crippen LogP contribution in [0.2, 0.25) is 0 Å². The van der Waals surface area contributed by atoms with Crippen LogP contribution in [0, 0.1) is 5.82 Å². The highest BCUT2D eigenvalue weighted by Gasteiger charge is 2.21. The van der Waals surface area contributed by atoms with Crippen molar-refractivity contribution < 1.29 is 9.18 Å². The smallest absolute Gasteiger partial charge is 0.189 e. The normalized spacial score (nSPS) is 16.3. The number of hydrogen-bond donors (Lipinski definition) is 0. The number of ketones is 1. The lowest BCUT2D eigenvalue weighted by molar-refractivity contribution is 0.102. The predicted molar refractivity (Wildman–Crippen MR) is 81.2 cm³/mol. The SMILES string of the molecule is O=C1/C(=C/c2ccc(Br)cc2F)CCc2ccccc21. The summed E-state index contributed by atoms with van der Waals surface area (Å²) in [6, 6.07) is 12.5. The van der Waals surface area contributed by atoms with E-state index >= 15 is 0 Å². The van der Waals surface area contributed by atoms with Crippen LogP contribution >= 0.6 is 15.9 Å². The summed E-state index contributed by atoms with van der Waals surface area (Å²) >= 11 is 3.23. The molecule has 2 aromatic carbocycles. The maximum Gasteiger partial charge on any atom is 0.189 e. The Balaban J connectivity index is 2.00. The molecule has 0 saturated heterocycles. The summed E-state index contributed by atoms with van der Waals surface area (Å²) < 4.78 is 14.5. The van der Waals surface area contributed by atoms with Crippen LogP contribution in [0.4, 0.5) is 4.39 Å². The molecule has 0 N–H and O–H groups in total. The molecule has 0 unspecified atom stereocenters. The van der Waals surface area contributed by atoms with Gasteiger partial charge in [-0.3, -0.25) is 4.79 Å². The Kier molecular flexibility index (Phi) is 3.53. The quantitative estimate of drug-likeness (QED) is 0.686. The lowest BCUT2D eigenvalue weighted by Crippen LogP contribution is -2.13. The highest BCUT2D eigenvalue weighted by atomic mass is 79.9. The van der Waals surface area contributed by atoms with Gasteiger partial charge in [0.1, 0.15) is 5.82 Å². The summed E-state index contributed by atoms with van der Waals surface area (Å²) in [6.07, 6.45) is 3.15. The summed E-state index contributed by atoms with van der Waals surface area (Å²) in [5, 5.41) is 0. The molecular weight excluding hydrogens is 319 g/mol. The number of halogens is 2. The average molecular weight is 331 g/mol. The highest BCUT2D eigenvalue weighted by molar-refractivity contribution is 9.10. The molecule has 0 aliphatic heterocycles. The molecule has 0 bridgehead atoms. The fourth-order valence-electron chi connectivity index (χ4n) is 2.46. The molecule has 3 heteroatoms. The third-order valence-electron chi connectivity index (χ3n) is 3.51. The molecule has 0 heterocycles. The lowest BCUT2D eigenvalue weighted by Gasteiger charge is -2.17. The standard InChI is InChI=1S/C17H12BrFO/c18-14-8-7-12(16(19)10-14)9-13-6-5-11-3-1-2-4-15(11)17(13)20/h1-4,7-10H,5-6H2/b13-9+. The van der Waals surface area contributed by atoms with Crippen LogP contribution in [0.3, 0.4) is 0 Å². The lowest BCUT2D eigenvalue weighted by atomic mass is 9.86. The average Bonchev–Trinajstić information content (AvgIpc) is 2.45. The third kappa shape index (κ3) is 2.46. The highest BCUT2D eigenvalue weighted by Crippen LogP contribution is 2.27. The van der Waals surface area contributed by atoms with Gasteiger partial charge >= 0.3 is 0 Å². The second-order valence-electron chi connectivity index (χ2n) is 4.82. The van der Waals surface area contributed by atoms with E-state index in [4.69, 9.17) is 0 Å². The van der Waals surface area contributed by atoms with Crippen molar-refractivity contribution in [3.8, 4) is 0 Å². The van der Waals surface area contributed by atoms with E-state index in [0.717, 1.165) is 17.5 Å². The fraction of sp³-hybridized carbons (Fsp3) is 0.118. The number of allylic oxidation sites excluding steroid dienone is 1. The zero-order chi connectivity index (χ0) is 14.1. The van der Waals surface area contributed by atoms with E-state index in [1.165, 1.54) is 6.07 Å². The number of carbonyl (C=O) groups excluding carboxylic acids is 1. The number of carbonyl (C=O) groups is 1. The topological polar surface area (TPSA) is 17.1 Å². The fourth-order valence-corrected chi connectivity index (χ4v) is 2.79. The van der Waals surface area contributed by atoms with Gasteiger partial charge < -0.3 is 0 Å². The molecule has 0 amide bonds. The first kappa shape index (κ1) is 13.3. The van der Waals surface area contributed by atoms with Crippen LogP contribution in [0.15, 0.2) is 52.5 Å². The van der Waals surface area contributed by atoms with E-state index in [2.05, 4.69) is 15.9 Å². The van der Waals surface area contributed by atoms with Gasteiger partial charge in [0.15, 0.2) is 5.78 Å². The van der Waals surface area contributed by atoms with E-state index in [1.54, 1.807) is 18.2 Å². The van der Waals surface area contributed by atoms with Crippen molar-refractivity contribution in [2.24, 2.45) is 0 Å². The Morgan fingerprint density at radius 2 is 1.90 bits per heavy atom. The Bertz CT molecular complexity index is 719. The van der Waals surface area contributed by atoms with Crippen molar-refractivity contribution in [3.05, 3.63) is 75.0 Å². The zero-order valence-electron chi connectivity index (χ0n) is 10.7. The minimum absolute atomic E-state index is 0.00849. The van der Waals surface area contributed by atoms with Gasteiger partial charge in [0, 0.05) is 21.2 Å². The number of hydrogen-bond acceptors (Lipinski definition) is 1. The number of benzene rings is 2. The molecule has 0 atom stereocenters. The van der Waals surface area contributed by atoms with Crippen molar-refractivity contribution in [2.45, 2.75) is 12.8 Å². The number of Topliss-reactive ketones (excluding diaryl/α,β-unsaturated/α-hetero) is 1. The van der Waals surface area contributed by atoms with Gasteiger partial charge in [-0.2, -0.15) is 0 Å². The minimum atomic E-state index is -0.321. The Hall–Kier alpha value is -1.74. The van der Waals surface area contributed by atoms with Crippen LogP contribution in [-0.2, 0) is 6.42 Å². The molecule has 20 heavy (non-hydrogen) atoms. The first-order valence-corrected chi connectivity index (χ1v) is 7.22. The Labute approximate surface area is 125 Å². The second-order valence-corrected chi connectivity index (χ2v) is 5.74. The largest absolute Gasteiger partial charge is 0.289 e. The van der Waals surface area contributed by atoms with Gasteiger partial charge in [-0.25, -0.2) is 4.39 Å². The van der Waals surface area contributed by atoms with Crippen LogP contribution < -0.4 is 0 Å². The molecule has 100 valence electrons. The van der Waals surface area contributed by atoms with Gasteiger partial charge in [-0.1, -0.05) is 46.3 Å². The molecule has 1 aliphatic rings. The Morgan fingerprint density at radius 1 is 1.10 bits per heavy atom. The van der Waals surface area contributed by atoms with Crippen LogP contribution in [0.5, 0.6) is 0 Å². The van der Waals surface area contributed by atoms with Crippen molar-refractivity contribution >= 4 is 27.8 Å². The summed E-state index contributed by atoms with van der Waals surface area (Å²) in [4.78, 5) is 12.4. The maximum absolute atomic E-state index is 13.8. The monoisotopic (exact) mass is 330 g/mol. The molecule has 3 rings (SSSR count). The van der Waals surface area contributed by atoms with Gasteiger partial charge in [0.25, 0.3) is 0 Å². The zero-order valence-corrected chi connectivity index (χ0v) is 12.3. The van der Waals surface area contributed by atoms with Gasteiger partial charge in [0.05, 0.1) is 0 Å². The maximum atomic E-state index is 13.8. The van der Waals surface area contributed by atoms with Crippen LogP contribution in [-0.4, -0.2) is 5.78 Å². The minimum Gasteiger partial charge on any atom is -0.289 e. The number of rotatable bonds is 1. The van der Waals surface area contributed by atoms with E-state index in [-0.39, 0.29) is 11.6 Å². The summed E-state index contributed by atoms with van der Waals surface area (Å²) in [5.74, 6) is -0.312. The summed E-state index contributed by atoms with van der Waals surface area (Å²) in [5.41, 5.74) is 2.94. The van der Waals surface area contributed by atoms with Crippen molar-refractivity contribution in [3.63, 3.8) is 0 Å². The van der Waals surface area contributed by atoms with Gasteiger partial charge in [0.2, 0.25) is 0 Å². The summed E-state index contributed by atoms with van der Waals surface area (Å²) in [7, 11) is 0. The predicted octanol–water partition coefficient (Wildman–Crippen LogP) is 4.80. The van der Waals surface area contributed by atoms with E-state index in [9.17, 15) is 9.18 Å². The molecule has 0 radical (unpaired) electrons. The second kappa shape index (κ2) is 5.33. The first-order valence-electron chi connectivity index (χ1n) is 6.43. The molecular formula is C17H12BrFO. The number of fused-ring (bicyclic) bond motifs is 1. The molecule has 0 fully saturated rings. The van der Waals surface area contributed by atoms with Crippen LogP contribution in [0.1, 0.15) is 27.9 Å². The molecule has 2 aromatic rings. The molecule has 1 aliphatic carbocycles. The molecule has 1 nitrogen and oxygen atoms in total. The molecule has 0 spiro atoms. The Morgan fingerprint density at radius 3 is 2.70 bits per heavy atom. The summed E-state index contributed by atoms with van der Waals surface area (Å²) in [6.45, 7) is 0. The van der Waals surface area contributed by atoms with E-state index in [1.807, 2.05) is 24.3 Å². The van der Waals surface area contributed by atoms with Crippen molar-refractivity contribution in [2.75, 3.05) is 0 Å². The van der Waals surface area contributed by atoms with E-state index in [0.29, 0.717) is 22.0 Å². The molecule has 0 aromatic heterocycles. The first-order chi connectivity index (χ1) is 9.65. The van der Waals surface area contributed by atoms with Crippen molar-refractivity contribution in [1.82, 2.24) is 0 Å². The third-order valence-corrected chi connectivity index (χ3v) is 4.00.